The molecular formula is CH3PS2. The molecule has 0 aliphatic heterocycles. The van der Waals surface area contributed by atoms with E-state index in [9.17, 15) is 0 Å². The Balaban J connectivity index is 3.11. The largest absolute Gasteiger partial charge is 0.0508 e. The maximum atomic E-state index is 4.46. The molecule has 0 unspecified atom stereocenters. The summed E-state index contributed by atoms with van der Waals surface area (Å²) in [6, 6.07) is 0. The minimum atomic E-state index is 1.23. The molecule has 0 radical (unpaired) electrons. The fourth-order valence-corrected chi connectivity index (χ4v) is 0. The molecule has 0 bridgehead atoms. The van der Waals surface area contributed by atoms with Crippen molar-refractivity contribution < 1.29 is 0 Å². The fourth-order valence-electron chi connectivity index (χ4n) is 0. The molecule has 0 spiro atoms. The van der Waals surface area contributed by atoms with Crippen LogP contribution in [0.15, 0.2) is 0 Å². The molecule has 0 aromatic heterocycles. The molecule has 0 N–H and O–H groups in total. The van der Waals surface area contributed by atoms with Gasteiger partial charge in [0.15, 0.2) is 0 Å². The van der Waals surface area contributed by atoms with Crippen LogP contribution in [-0.2, 0) is 20.7 Å². The van der Waals surface area contributed by atoms with Crippen molar-refractivity contribution in [2.75, 3.05) is 6.66 Å². The van der Waals surface area contributed by atoms with Crippen LogP contribution in [0.25, 0.3) is 0 Å². The van der Waals surface area contributed by atoms with Gasteiger partial charge >= 0.3 is 0 Å². The van der Waals surface area contributed by atoms with E-state index in [0.29, 0.717) is 0 Å². The van der Waals surface area contributed by atoms with Gasteiger partial charge in [-0.25, -0.2) is 0 Å². The van der Waals surface area contributed by atoms with Gasteiger partial charge in [-0.15, -0.1) is 0 Å². The Hall–Kier alpha value is 0.740. The van der Waals surface area contributed by atoms with Crippen LogP contribution in [-0.4, -0.2) is 6.66 Å². The lowest BCUT2D eigenvalue weighted by Gasteiger charge is -1.33. The van der Waals surface area contributed by atoms with Crippen LogP contribution >= 0.6 is 7.36 Å². The average Bonchev–Trinajstić information content (AvgIpc) is 1.37. The van der Waals surface area contributed by atoms with Crippen molar-refractivity contribution in [3.05, 3.63) is 0 Å². The number of rotatable bonds is 0. The molecule has 0 atom stereocenters. The molecule has 0 aromatic carbocycles. The third-order valence-corrected chi connectivity index (χ3v) is 2.01. The summed E-state index contributed by atoms with van der Waals surface area (Å²) < 4.78 is 0. The van der Waals surface area contributed by atoms with E-state index in [1.54, 1.807) is 0 Å². The highest BCUT2D eigenvalue weighted by Crippen LogP contribution is 1.73. The van der Waals surface area contributed by atoms with Crippen molar-refractivity contribution in [1.82, 2.24) is 0 Å². The Morgan fingerprint density at radius 1 is 2.00 bits per heavy atom. The fraction of sp³-hybridized carbons (Fsp3) is 1.00. The molecule has 0 nitrogen and oxygen atoms in total. The first-order valence-electron chi connectivity index (χ1n) is 0.796. The van der Waals surface area contributed by atoms with Crippen molar-refractivity contribution >= 4 is 28.0 Å². The third-order valence-electron chi connectivity index (χ3n) is 0.0745. The molecule has 0 rings (SSSR count). The Labute approximate surface area is 35.3 Å². The second kappa shape index (κ2) is 3.74. The van der Waals surface area contributed by atoms with Crippen molar-refractivity contribution in [1.29, 1.82) is 0 Å². The second-order valence-electron chi connectivity index (χ2n) is 0.257. The lowest BCUT2D eigenvalue weighted by atomic mass is 12.0. The topological polar surface area (TPSA) is 0 Å². The normalized spacial score (nSPS) is 7.25. The SMILES string of the molecule is CP=S=S. The summed E-state index contributed by atoms with van der Waals surface area (Å²) in [7, 11) is 2.64. The first kappa shape index (κ1) is 4.74. The highest BCUT2D eigenvalue weighted by Gasteiger charge is 1.28. The van der Waals surface area contributed by atoms with Crippen LogP contribution in [0.5, 0.6) is 0 Å². The Morgan fingerprint density at radius 3 is 2.25 bits per heavy atom. The monoisotopic (exact) mass is 110 g/mol. The molecule has 0 heterocycles. The minimum absolute atomic E-state index is 1.23. The summed E-state index contributed by atoms with van der Waals surface area (Å²) >= 11 is 4.46. The van der Waals surface area contributed by atoms with Gasteiger partial charge in [-0.3, -0.25) is 0 Å². The second-order valence-corrected chi connectivity index (χ2v) is 3.66. The van der Waals surface area contributed by atoms with Crippen LogP contribution < -0.4 is 0 Å². The van der Waals surface area contributed by atoms with Crippen LogP contribution in [0, 0.1) is 0 Å². The summed E-state index contributed by atoms with van der Waals surface area (Å²) in [5.41, 5.74) is 0. The van der Waals surface area contributed by atoms with E-state index >= 15 is 0 Å². The van der Waals surface area contributed by atoms with Crippen molar-refractivity contribution in [2.24, 2.45) is 0 Å². The molecule has 0 amide bonds. The van der Waals surface area contributed by atoms with Gasteiger partial charge in [0.1, 0.15) is 0 Å². The zero-order valence-electron chi connectivity index (χ0n) is 2.26. The molecule has 4 heavy (non-hydrogen) atoms. The highest BCUT2D eigenvalue weighted by molar-refractivity contribution is 8.31. The standard InChI is InChI=1S/CH3PS2/c1-2-4-3/h1H3. The quantitative estimate of drug-likeness (QED) is 0.419. The highest BCUT2D eigenvalue weighted by atomic mass is 32.9. The lowest BCUT2D eigenvalue weighted by molar-refractivity contribution is 2.52. The Morgan fingerprint density at radius 2 is 2.25 bits per heavy atom. The van der Waals surface area contributed by atoms with Gasteiger partial charge in [0.05, 0.1) is 0 Å². The van der Waals surface area contributed by atoms with Gasteiger partial charge in [-0.05, 0) is 25.2 Å². The summed E-state index contributed by atoms with van der Waals surface area (Å²) in [6.07, 6.45) is 0. The molecule has 24 valence electrons. The zero-order valence-corrected chi connectivity index (χ0v) is 4.79. The smallest absolute Gasteiger partial charge is 0.00784 e. The molecule has 0 aliphatic rings. The van der Waals surface area contributed by atoms with Crippen molar-refractivity contribution in [3.63, 3.8) is 0 Å². The molecule has 0 fully saturated rings. The van der Waals surface area contributed by atoms with Crippen LogP contribution in [0.4, 0.5) is 0 Å². The number of hydrogen-bond donors (Lipinski definition) is 0. The third kappa shape index (κ3) is 2.74. The molecular weight excluding hydrogens is 107 g/mol. The summed E-state index contributed by atoms with van der Waals surface area (Å²) in [5, 5.41) is 0. The van der Waals surface area contributed by atoms with Gasteiger partial charge < -0.3 is 0 Å². The van der Waals surface area contributed by atoms with E-state index in [4.69, 9.17) is 0 Å². The maximum Gasteiger partial charge on any atom is -0.00784 e. The molecule has 0 aliphatic carbocycles. The summed E-state index contributed by atoms with van der Waals surface area (Å²) in [4.78, 5) is 0. The molecule has 0 aromatic rings. The van der Waals surface area contributed by atoms with Gasteiger partial charge in [0.25, 0.3) is 0 Å². The van der Waals surface area contributed by atoms with Gasteiger partial charge in [-0.1, -0.05) is 9.50 Å². The Bertz CT molecular complexity index is 44.0. The van der Waals surface area contributed by atoms with E-state index in [1.807, 2.05) is 6.66 Å². The predicted octanol–water partition coefficient (Wildman–Crippen LogP) is 1.02. The van der Waals surface area contributed by atoms with E-state index in [0.717, 1.165) is 0 Å². The van der Waals surface area contributed by atoms with Crippen molar-refractivity contribution in [3.8, 4) is 0 Å². The van der Waals surface area contributed by atoms with E-state index in [1.165, 1.54) is 16.9 Å². The lowest BCUT2D eigenvalue weighted by Crippen LogP contribution is -1.08. The van der Waals surface area contributed by atoms with Gasteiger partial charge in [0, 0.05) is 0 Å². The molecule has 0 saturated carbocycles. The molecule has 0 saturated heterocycles. The van der Waals surface area contributed by atoms with E-state index < -0.39 is 0 Å². The van der Waals surface area contributed by atoms with E-state index in [2.05, 4.69) is 11.2 Å². The van der Waals surface area contributed by atoms with Crippen LogP contribution in [0.1, 0.15) is 0 Å². The zero-order chi connectivity index (χ0) is 3.41. The minimum Gasteiger partial charge on any atom is -0.0508 e. The van der Waals surface area contributed by atoms with Crippen LogP contribution in [0.2, 0.25) is 0 Å². The molecule has 3 heteroatoms. The van der Waals surface area contributed by atoms with Gasteiger partial charge in [0.2, 0.25) is 0 Å². The van der Waals surface area contributed by atoms with Crippen molar-refractivity contribution in [2.45, 2.75) is 0 Å². The average molecular weight is 110 g/mol. The first-order chi connectivity index (χ1) is 1.91. The van der Waals surface area contributed by atoms with Gasteiger partial charge in [-0.2, -0.15) is 0 Å². The summed E-state index contributed by atoms with van der Waals surface area (Å²) in [5.74, 6) is 0. The Kier molecular flexibility index (Phi) is 4.43. The first-order valence-corrected chi connectivity index (χ1v) is 4.48. The van der Waals surface area contributed by atoms with E-state index in [-0.39, 0.29) is 0 Å². The van der Waals surface area contributed by atoms with Crippen LogP contribution in [0.3, 0.4) is 0 Å². The maximum absolute atomic E-state index is 4.46. The predicted molar refractivity (Wildman–Crippen MR) is 27.6 cm³/mol. The number of hydrogen-bond acceptors (Lipinski definition) is 1. The summed E-state index contributed by atoms with van der Waals surface area (Å²) in [6.45, 7) is 2.01.